The molecule has 0 saturated carbocycles. The summed E-state index contributed by atoms with van der Waals surface area (Å²) in [5, 5.41) is 10.0. The maximum absolute atomic E-state index is 5.30. The number of ether oxygens (including phenoxy) is 1. The van der Waals surface area contributed by atoms with E-state index in [9.17, 15) is 0 Å². The van der Waals surface area contributed by atoms with Gasteiger partial charge in [0.15, 0.2) is 5.65 Å². The highest BCUT2D eigenvalue weighted by Crippen LogP contribution is 2.31. The number of methoxy groups -OCH3 is 1. The molecule has 0 atom stereocenters. The molecule has 164 valence electrons. The maximum atomic E-state index is 5.30. The predicted molar refractivity (Wildman–Crippen MR) is 131 cm³/mol. The summed E-state index contributed by atoms with van der Waals surface area (Å²) in [5.74, 6) is 1.87. The lowest BCUT2D eigenvalue weighted by atomic mass is 10.1. The number of hydrogen-bond acceptors (Lipinski definition) is 6. The highest BCUT2D eigenvalue weighted by Gasteiger charge is 2.23. The first-order valence-corrected chi connectivity index (χ1v) is 11.2. The minimum absolute atomic E-state index is 0.785. The Labute approximate surface area is 191 Å². The van der Waals surface area contributed by atoms with Crippen LogP contribution in [0.1, 0.15) is 0 Å². The van der Waals surface area contributed by atoms with Gasteiger partial charge in [-0.3, -0.25) is 0 Å². The predicted octanol–water partition coefficient (Wildman–Crippen LogP) is 4.28. The van der Waals surface area contributed by atoms with E-state index in [4.69, 9.17) is 9.72 Å². The summed E-state index contributed by atoms with van der Waals surface area (Å²) in [7, 11) is 1.70. The van der Waals surface area contributed by atoms with E-state index in [0.717, 1.165) is 65.6 Å². The average molecular weight is 437 g/mol. The Hall–Kier alpha value is -4.13. The first-order chi connectivity index (χ1) is 16.3. The van der Waals surface area contributed by atoms with E-state index in [2.05, 4.69) is 50.4 Å². The Morgan fingerprint density at radius 3 is 2.21 bits per heavy atom. The number of para-hydroxylation sites is 1. The molecule has 1 aliphatic rings. The van der Waals surface area contributed by atoms with Crippen molar-refractivity contribution >= 4 is 28.1 Å². The van der Waals surface area contributed by atoms with Crippen LogP contribution >= 0.6 is 0 Å². The number of rotatable bonds is 4. The topological polar surface area (TPSA) is 58.8 Å². The molecular weight excluding hydrogens is 412 g/mol. The van der Waals surface area contributed by atoms with Crippen molar-refractivity contribution in [1.29, 1.82) is 0 Å². The van der Waals surface area contributed by atoms with E-state index in [1.165, 1.54) is 5.69 Å². The van der Waals surface area contributed by atoms with Crippen LogP contribution in [0.3, 0.4) is 0 Å². The van der Waals surface area contributed by atoms with Gasteiger partial charge in [-0.15, -0.1) is 5.10 Å². The van der Waals surface area contributed by atoms with E-state index >= 15 is 0 Å². The highest BCUT2D eigenvalue weighted by atomic mass is 16.5. The SMILES string of the molecule is COc1ccc(N2CCN(c3nc4c(-c5ccccc5)nnn4c4ccccc34)CC2)cc1. The van der Waals surface area contributed by atoms with Gasteiger partial charge in [0.2, 0.25) is 0 Å². The highest BCUT2D eigenvalue weighted by molar-refractivity contribution is 5.93. The Kier molecular flexibility index (Phi) is 4.79. The summed E-state index contributed by atoms with van der Waals surface area (Å²) in [6.45, 7) is 3.63. The molecule has 0 N–H and O–H groups in total. The van der Waals surface area contributed by atoms with Gasteiger partial charge in [-0.2, -0.15) is 4.52 Å². The first-order valence-electron chi connectivity index (χ1n) is 11.2. The van der Waals surface area contributed by atoms with Crippen molar-refractivity contribution < 1.29 is 4.74 Å². The molecule has 6 rings (SSSR count). The number of hydrogen-bond donors (Lipinski definition) is 0. The largest absolute Gasteiger partial charge is 0.497 e. The molecule has 33 heavy (non-hydrogen) atoms. The summed E-state index contributed by atoms with van der Waals surface area (Å²) in [4.78, 5) is 9.90. The molecule has 7 nitrogen and oxygen atoms in total. The van der Waals surface area contributed by atoms with Crippen LogP contribution in [0.4, 0.5) is 11.5 Å². The number of anilines is 2. The molecule has 0 bridgehead atoms. The average Bonchev–Trinajstić information content (AvgIpc) is 3.33. The Morgan fingerprint density at radius 1 is 0.758 bits per heavy atom. The lowest BCUT2D eigenvalue weighted by Gasteiger charge is -2.37. The summed E-state index contributed by atoms with van der Waals surface area (Å²) in [6, 6.07) is 26.7. The number of piperazine rings is 1. The third kappa shape index (κ3) is 3.42. The lowest BCUT2D eigenvalue weighted by molar-refractivity contribution is 0.415. The van der Waals surface area contributed by atoms with Crippen LogP contribution in [0, 0.1) is 0 Å². The van der Waals surface area contributed by atoms with Crippen LogP contribution in [0.5, 0.6) is 5.75 Å². The van der Waals surface area contributed by atoms with Crippen LogP contribution in [0.25, 0.3) is 27.8 Å². The molecule has 1 saturated heterocycles. The van der Waals surface area contributed by atoms with E-state index < -0.39 is 0 Å². The van der Waals surface area contributed by atoms with E-state index in [0.29, 0.717) is 0 Å². The molecule has 0 radical (unpaired) electrons. The van der Waals surface area contributed by atoms with E-state index in [-0.39, 0.29) is 0 Å². The van der Waals surface area contributed by atoms with Gasteiger partial charge in [-0.25, -0.2) is 4.98 Å². The van der Waals surface area contributed by atoms with Crippen LogP contribution in [-0.2, 0) is 0 Å². The van der Waals surface area contributed by atoms with Gasteiger partial charge in [0.1, 0.15) is 17.3 Å². The normalized spacial score (nSPS) is 14.2. The van der Waals surface area contributed by atoms with Crippen molar-refractivity contribution in [1.82, 2.24) is 19.8 Å². The molecule has 0 amide bonds. The molecule has 3 heterocycles. The van der Waals surface area contributed by atoms with Crippen molar-refractivity contribution in [2.75, 3.05) is 43.1 Å². The Morgan fingerprint density at radius 2 is 1.45 bits per heavy atom. The summed E-state index contributed by atoms with van der Waals surface area (Å²) >= 11 is 0. The molecule has 3 aromatic carbocycles. The van der Waals surface area contributed by atoms with Gasteiger partial charge in [0.05, 0.1) is 12.6 Å². The smallest absolute Gasteiger partial charge is 0.186 e. The molecule has 1 fully saturated rings. The first kappa shape index (κ1) is 19.5. The Bertz CT molecular complexity index is 1410. The quantitative estimate of drug-likeness (QED) is 0.419. The molecular formula is C26H24N6O. The minimum Gasteiger partial charge on any atom is -0.497 e. The van der Waals surface area contributed by atoms with Crippen molar-refractivity contribution in [2.45, 2.75) is 0 Å². The molecule has 1 aliphatic heterocycles. The third-order valence-electron chi connectivity index (χ3n) is 6.30. The summed E-state index contributed by atoms with van der Waals surface area (Å²) < 4.78 is 7.15. The molecule has 0 spiro atoms. The summed E-state index contributed by atoms with van der Waals surface area (Å²) in [5.41, 5.74) is 4.84. The van der Waals surface area contributed by atoms with Gasteiger partial charge in [0.25, 0.3) is 0 Å². The third-order valence-corrected chi connectivity index (χ3v) is 6.30. The second kappa shape index (κ2) is 8.09. The zero-order valence-electron chi connectivity index (χ0n) is 18.4. The van der Waals surface area contributed by atoms with Gasteiger partial charge >= 0.3 is 0 Å². The molecule has 2 aromatic heterocycles. The van der Waals surface area contributed by atoms with E-state index in [1.54, 1.807) is 7.11 Å². The van der Waals surface area contributed by atoms with Crippen LogP contribution in [0.2, 0.25) is 0 Å². The van der Waals surface area contributed by atoms with Gasteiger partial charge in [-0.05, 0) is 36.4 Å². The molecule has 0 unspecified atom stereocenters. The van der Waals surface area contributed by atoms with Gasteiger partial charge in [0, 0.05) is 42.8 Å². The van der Waals surface area contributed by atoms with Crippen molar-refractivity contribution in [3.05, 3.63) is 78.9 Å². The van der Waals surface area contributed by atoms with Crippen LogP contribution in [0.15, 0.2) is 78.9 Å². The van der Waals surface area contributed by atoms with Gasteiger partial charge in [-0.1, -0.05) is 47.7 Å². The van der Waals surface area contributed by atoms with Crippen LogP contribution < -0.4 is 14.5 Å². The number of fused-ring (bicyclic) bond motifs is 3. The monoisotopic (exact) mass is 436 g/mol. The Balaban J connectivity index is 1.37. The molecule has 7 heteroatoms. The standard InChI is InChI=1S/C26H24N6O/c1-33-21-13-11-20(12-14-21)30-15-17-31(18-16-30)25-22-9-5-6-10-23(22)32-26(27-25)24(28-29-32)19-7-3-2-4-8-19/h2-14H,15-18H2,1H3. The maximum Gasteiger partial charge on any atom is 0.186 e. The van der Waals surface area contributed by atoms with Crippen LogP contribution in [-0.4, -0.2) is 53.1 Å². The summed E-state index contributed by atoms with van der Waals surface area (Å²) in [6.07, 6.45) is 0. The fraction of sp³-hybridized carbons (Fsp3) is 0.192. The molecule has 0 aliphatic carbocycles. The minimum atomic E-state index is 0.785. The van der Waals surface area contributed by atoms with Gasteiger partial charge < -0.3 is 14.5 Å². The lowest BCUT2D eigenvalue weighted by Crippen LogP contribution is -2.47. The second-order valence-corrected chi connectivity index (χ2v) is 8.16. The zero-order chi connectivity index (χ0) is 22.2. The second-order valence-electron chi connectivity index (χ2n) is 8.16. The van der Waals surface area contributed by atoms with Crippen molar-refractivity contribution in [3.8, 4) is 17.0 Å². The number of nitrogens with zero attached hydrogens (tertiary/aromatic N) is 6. The zero-order valence-corrected chi connectivity index (χ0v) is 18.4. The van der Waals surface area contributed by atoms with Crippen molar-refractivity contribution in [3.63, 3.8) is 0 Å². The fourth-order valence-electron chi connectivity index (χ4n) is 4.54. The molecule has 5 aromatic rings. The number of aromatic nitrogens is 4. The fourth-order valence-corrected chi connectivity index (χ4v) is 4.54. The van der Waals surface area contributed by atoms with E-state index in [1.807, 2.05) is 53.0 Å². The number of benzene rings is 3. The van der Waals surface area contributed by atoms with Crippen molar-refractivity contribution in [2.24, 2.45) is 0 Å².